The highest BCUT2D eigenvalue weighted by Gasteiger charge is 2.19. The molecule has 0 saturated carbocycles. The Labute approximate surface area is 87.5 Å². The van der Waals surface area contributed by atoms with Gasteiger partial charge in [0.25, 0.3) is 0 Å². The monoisotopic (exact) mass is 214 g/mol. The van der Waals surface area contributed by atoms with Crippen molar-refractivity contribution < 1.29 is 24.1 Å². The van der Waals surface area contributed by atoms with Crippen molar-refractivity contribution in [3.63, 3.8) is 0 Å². The molecule has 0 bridgehead atoms. The van der Waals surface area contributed by atoms with E-state index in [1.165, 1.54) is 6.07 Å². The molecule has 0 spiro atoms. The molecule has 1 heterocycles. The molecule has 0 radical (unpaired) electrons. The predicted molar refractivity (Wildman–Crippen MR) is 51.5 cm³/mol. The van der Waals surface area contributed by atoms with Gasteiger partial charge in [0.2, 0.25) is 0 Å². The van der Waals surface area contributed by atoms with E-state index in [2.05, 4.69) is 4.89 Å². The van der Waals surface area contributed by atoms with Crippen molar-refractivity contribution in [3.05, 3.63) is 23.2 Å². The second-order valence-electron chi connectivity index (χ2n) is 3.09. The molecule has 5 nitrogen and oxygen atoms in total. The lowest BCUT2D eigenvalue weighted by Gasteiger charge is -2.01. The fourth-order valence-electron chi connectivity index (χ4n) is 1.17. The van der Waals surface area contributed by atoms with Crippen LogP contribution in [0.1, 0.15) is 41.8 Å². The largest absolute Gasteiger partial charge is 0.463 e. The average molecular weight is 214 g/mol. The van der Waals surface area contributed by atoms with Crippen LogP contribution in [0.5, 0.6) is 0 Å². The summed E-state index contributed by atoms with van der Waals surface area (Å²) in [5, 5.41) is 8.45. The molecule has 0 aliphatic carbocycles. The van der Waals surface area contributed by atoms with Crippen molar-refractivity contribution >= 4 is 5.97 Å². The zero-order valence-electron chi connectivity index (χ0n) is 8.94. The third kappa shape index (κ3) is 2.57. The first-order valence-electron chi connectivity index (χ1n) is 4.67. The van der Waals surface area contributed by atoms with Crippen LogP contribution in [0.25, 0.3) is 0 Å². The Balaban J connectivity index is 2.90. The molecule has 0 aromatic carbocycles. The highest BCUT2D eigenvalue weighted by Crippen LogP contribution is 2.22. The van der Waals surface area contributed by atoms with Crippen molar-refractivity contribution in [1.29, 1.82) is 0 Å². The Morgan fingerprint density at radius 3 is 2.87 bits per heavy atom. The van der Waals surface area contributed by atoms with Crippen LogP contribution in [0.2, 0.25) is 0 Å². The number of rotatable bonds is 4. The zero-order valence-corrected chi connectivity index (χ0v) is 8.94. The molecular weight excluding hydrogens is 200 g/mol. The molecule has 1 unspecified atom stereocenters. The third-order valence-electron chi connectivity index (χ3n) is 1.99. The summed E-state index contributed by atoms with van der Waals surface area (Å²) in [6, 6.07) is 1.51. The molecule has 1 aromatic rings. The van der Waals surface area contributed by atoms with E-state index in [1.54, 1.807) is 20.8 Å². The summed E-state index contributed by atoms with van der Waals surface area (Å²) < 4.78 is 10.1. The number of furan rings is 1. The minimum absolute atomic E-state index is 0.310. The molecule has 0 fully saturated rings. The summed E-state index contributed by atoms with van der Waals surface area (Å²) in [5.41, 5.74) is 0.357. The molecule has 0 saturated heterocycles. The second-order valence-corrected chi connectivity index (χ2v) is 3.09. The summed E-state index contributed by atoms with van der Waals surface area (Å²) in [7, 11) is 0. The molecule has 0 aliphatic rings. The number of hydrogen-bond donors (Lipinski definition) is 1. The molecule has 0 aliphatic heterocycles. The van der Waals surface area contributed by atoms with E-state index >= 15 is 0 Å². The topological polar surface area (TPSA) is 68.9 Å². The maximum atomic E-state index is 11.4. The minimum Gasteiger partial charge on any atom is -0.463 e. The van der Waals surface area contributed by atoms with Crippen LogP contribution in [-0.4, -0.2) is 17.8 Å². The van der Waals surface area contributed by atoms with E-state index in [0.29, 0.717) is 23.7 Å². The van der Waals surface area contributed by atoms with Crippen LogP contribution in [0.3, 0.4) is 0 Å². The highest BCUT2D eigenvalue weighted by molar-refractivity contribution is 5.90. The minimum atomic E-state index is -0.605. The standard InChI is InChI=1S/C10H14O5/c1-4-13-10(11)8-5-9(7(3)15-12)14-6(8)2/h5,7,12H,4H2,1-3H3. The molecular formula is C10H14O5. The zero-order chi connectivity index (χ0) is 11.4. The first kappa shape index (κ1) is 11.7. The van der Waals surface area contributed by atoms with Gasteiger partial charge in [-0.05, 0) is 26.8 Å². The number of esters is 1. The van der Waals surface area contributed by atoms with E-state index < -0.39 is 12.1 Å². The van der Waals surface area contributed by atoms with Gasteiger partial charge in [0.15, 0.2) is 0 Å². The lowest BCUT2D eigenvalue weighted by Crippen LogP contribution is -2.04. The van der Waals surface area contributed by atoms with E-state index in [4.69, 9.17) is 14.4 Å². The fraction of sp³-hybridized carbons (Fsp3) is 0.500. The summed E-state index contributed by atoms with van der Waals surface area (Å²) in [6.07, 6.45) is -0.605. The van der Waals surface area contributed by atoms with Crippen LogP contribution in [-0.2, 0) is 9.62 Å². The maximum absolute atomic E-state index is 11.4. The maximum Gasteiger partial charge on any atom is 0.341 e. The van der Waals surface area contributed by atoms with Gasteiger partial charge in [-0.25, -0.2) is 9.68 Å². The number of aryl methyl sites for hydroxylation is 1. The summed E-state index contributed by atoms with van der Waals surface area (Å²) in [6.45, 7) is 5.30. The van der Waals surface area contributed by atoms with Gasteiger partial charge < -0.3 is 9.15 Å². The van der Waals surface area contributed by atoms with Crippen molar-refractivity contribution in [1.82, 2.24) is 0 Å². The normalized spacial score (nSPS) is 12.5. The summed E-state index contributed by atoms with van der Waals surface area (Å²) >= 11 is 0. The van der Waals surface area contributed by atoms with E-state index in [9.17, 15) is 4.79 Å². The van der Waals surface area contributed by atoms with Gasteiger partial charge >= 0.3 is 5.97 Å². The molecule has 1 rings (SSSR count). The first-order chi connectivity index (χ1) is 7.10. The smallest absolute Gasteiger partial charge is 0.341 e. The lowest BCUT2D eigenvalue weighted by molar-refractivity contribution is -0.280. The molecule has 84 valence electrons. The van der Waals surface area contributed by atoms with Crippen molar-refractivity contribution in [2.24, 2.45) is 0 Å². The van der Waals surface area contributed by atoms with Crippen LogP contribution in [0.15, 0.2) is 10.5 Å². The Morgan fingerprint density at radius 2 is 2.33 bits per heavy atom. The second kappa shape index (κ2) is 4.95. The van der Waals surface area contributed by atoms with Crippen molar-refractivity contribution in [3.8, 4) is 0 Å². The van der Waals surface area contributed by atoms with Gasteiger partial charge in [0.1, 0.15) is 23.2 Å². The van der Waals surface area contributed by atoms with Gasteiger partial charge in [-0.2, -0.15) is 0 Å². The van der Waals surface area contributed by atoms with E-state index in [1.807, 2.05) is 0 Å². The highest BCUT2D eigenvalue weighted by atomic mass is 17.1. The fourth-order valence-corrected chi connectivity index (χ4v) is 1.17. The summed E-state index contributed by atoms with van der Waals surface area (Å²) in [5.74, 6) is 0.403. The Morgan fingerprint density at radius 1 is 1.67 bits per heavy atom. The van der Waals surface area contributed by atoms with E-state index in [-0.39, 0.29) is 0 Å². The Hall–Kier alpha value is -1.33. The number of hydrogen-bond acceptors (Lipinski definition) is 5. The molecule has 15 heavy (non-hydrogen) atoms. The number of carbonyl (C=O) groups excluding carboxylic acids is 1. The van der Waals surface area contributed by atoms with Gasteiger partial charge in [0.05, 0.1) is 6.61 Å². The van der Waals surface area contributed by atoms with Crippen LogP contribution < -0.4 is 0 Å². The van der Waals surface area contributed by atoms with Crippen molar-refractivity contribution in [2.45, 2.75) is 26.9 Å². The summed E-state index contributed by atoms with van der Waals surface area (Å²) in [4.78, 5) is 15.5. The number of ether oxygens (including phenoxy) is 1. The molecule has 5 heteroatoms. The Bertz CT molecular complexity index is 342. The van der Waals surface area contributed by atoms with Crippen LogP contribution in [0.4, 0.5) is 0 Å². The van der Waals surface area contributed by atoms with E-state index in [0.717, 1.165) is 0 Å². The lowest BCUT2D eigenvalue weighted by atomic mass is 10.2. The van der Waals surface area contributed by atoms with Crippen LogP contribution >= 0.6 is 0 Å². The molecule has 0 amide bonds. The third-order valence-corrected chi connectivity index (χ3v) is 1.99. The molecule has 1 N–H and O–H groups in total. The van der Waals surface area contributed by atoms with Gasteiger partial charge in [0, 0.05) is 0 Å². The molecule has 1 atom stereocenters. The predicted octanol–water partition coefficient (Wildman–Crippen LogP) is 2.32. The quantitative estimate of drug-likeness (QED) is 0.473. The first-order valence-corrected chi connectivity index (χ1v) is 4.67. The van der Waals surface area contributed by atoms with Gasteiger partial charge in [-0.3, -0.25) is 5.26 Å². The van der Waals surface area contributed by atoms with Crippen molar-refractivity contribution in [2.75, 3.05) is 6.61 Å². The molecule has 1 aromatic heterocycles. The number of carbonyl (C=O) groups is 1. The SMILES string of the molecule is CCOC(=O)c1cc(C(C)OO)oc1C. The van der Waals surface area contributed by atoms with Gasteiger partial charge in [-0.1, -0.05) is 0 Å². The Kier molecular flexibility index (Phi) is 3.88. The van der Waals surface area contributed by atoms with Gasteiger partial charge in [-0.15, -0.1) is 0 Å². The van der Waals surface area contributed by atoms with Crippen LogP contribution in [0, 0.1) is 6.92 Å². The average Bonchev–Trinajstić information content (AvgIpc) is 2.59.